The summed E-state index contributed by atoms with van der Waals surface area (Å²) in [5.41, 5.74) is -1.34. The van der Waals surface area contributed by atoms with Crippen LogP contribution in [0.15, 0.2) is 36.4 Å². The number of fused-ring (bicyclic) bond motifs is 1. The summed E-state index contributed by atoms with van der Waals surface area (Å²) in [4.78, 5) is 17.5. The number of hydrogen-bond acceptors (Lipinski definition) is 6. The monoisotopic (exact) mass is 610 g/mol. The van der Waals surface area contributed by atoms with Gasteiger partial charge in [-0.25, -0.2) is 8.78 Å². The molecule has 0 bridgehead atoms. The van der Waals surface area contributed by atoms with Gasteiger partial charge >= 0.3 is 6.18 Å². The minimum Gasteiger partial charge on any atom is -0.470 e. The van der Waals surface area contributed by atoms with E-state index in [0.717, 1.165) is 37.4 Å². The number of amides is 1. The molecule has 2 aromatic rings. The van der Waals surface area contributed by atoms with Crippen LogP contribution in [-0.2, 0) is 27.0 Å². The molecule has 2 unspecified atom stereocenters. The number of halogens is 5. The molecule has 3 aliphatic heterocycles. The van der Waals surface area contributed by atoms with Crippen molar-refractivity contribution in [2.24, 2.45) is 11.8 Å². The Balaban J connectivity index is 1.14. The Morgan fingerprint density at radius 1 is 1.12 bits per heavy atom. The second kappa shape index (κ2) is 11.6. The van der Waals surface area contributed by atoms with E-state index in [4.69, 9.17) is 14.2 Å². The molecule has 1 saturated carbocycles. The molecular weight excluding hydrogens is 575 g/mol. The van der Waals surface area contributed by atoms with Crippen LogP contribution in [-0.4, -0.2) is 72.3 Å². The molecule has 0 spiro atoms. The van der Waals surface area contributed by atoms with Crippen molar-refractivity contribution in [2.45, 2.75) is 68.7 Å². The van der Waals surface area contributed by atoms with E-state index in [-0.39, 0.29) is 66.7 Å². The summed E-state index contributed by atoms with van der Waals surface area (Å²) in [6.45, 7) is 1.04. The average molecular weight is 611 g/mol. The van der Waals surface area contributed by atoms with Crippen LogP contribution in [0.4, 0.5) is 22.0 Å². The highest BCUT2D eigenvalue weighted by Gasteiger charge is 2.56. The number of likely N-dealkylation sites (tertiary alicyclic amines) is 1. The first-order chi connectivity index (χ1) is 20.5. The summed E-state index contributed by atoms with van der Waals surface area (Å²) in [6.07, 6.45) is -2.33. The molecule has 1 amide bonds. The average Bonchev–Trinajstić information content (AvgIpc) is 3.86. The second-order valence-corrected chi connectivity index (χ2v) is 12.1. The van der Waals surface area contributed by atoms with Crippen LogP contribution in [0.5, 0.6) is 5.75 Å². The Bertz CT molecular complexity index is 1330. The smallest absolute Gasteiger partial charge is 0.416 e. The molecule has 3 fully saturated rings. The molecule has 7 nitrogen and oxygen atoms in total. The maximum Gasteiger partial charge on any atom is 0.416 e. The summed E-state index contributed by atoms with van der Waals surface area (Å²) < 4.78 is 85.1. The third kappa shape index (κ3) is 5.86. The quantitative estimate of drug-likeness (QED) is 0.365. The number of carbonyl (C=O) groups is 1. The fraction of sp³-hybridized carbons (Fsp3) is 0.581. The predicted octanol–water partition coefficient (Wildman–Crippen LogP) is 5.06. The van der Waals surface area contributed by atoms with Crippen molar-refractivity contribution in [3.8, 4) is 5.75 Å². The molecule has 43 heavy (non-hydrogen) atoms. The van der Waals surface area contributed by atoms with Crippen LogP contribution in [0.1, 0.15) is 54.7 Å². The Hall–Kier alpha value is -2.80. The minimum atomic E-state index is -4.73. The third-order valence-corrected chi connectivity index (χ3v) is 9.55. The number of rotatable bonds is 6. The highest BCUT2D eigenvalue weighted by Crippen LogP contribution is 2.49. The summed E-state index contributed by atoms with van der Waals surface area (Å²) in [7, 11) is 1.45. The van der Waals surface area contributed by atoms with Gasteiger partial charge in [-0.15, -0.1) is 0 Å². The Morgan fingerprint density at radius 3 is 2.49 bits per heavy atom. The van der Waals surface area contributed by atoms with E-state index in [1.165, 1.54) is 24.1 Å². The molecular formula is C31H35F5N2O5. The summed E-state index contributed by atoms with van der Waals surface area (Å²) in [6, 6.07) is 7.54. The van der Waals surface area contributed by atoms with Gasteiger partial charge in [-0.2, -0.15) is 13.2 Å². The Morgan fingerprint density at radius 2 is 1.86 bits per heavy atom. The Kier molecular flexibility index (Phi) is 8.16. The van der Waals surface area contributed by atoms with E-state index in [2.05, 4.69) is 4.90 Å². The number of ether oxygens (including phenoxy) is 3. The molecule has 1 N–H and O–H groups in total. The first kappa shape index (κ1) is 30.2. The van der Waals surface area contributed by atoms with E-state index in [0.29, 0.717) is 25.5 Å². The maximum atomic E-state index is 14.4. The fourth-order valence-electron chi connectivity index (χ4n) is 7.10. The molecule has 3 heterocycles. The molecule has 234 valence electrons. The summed E-state index contributed by atoms with van der Waals surface area (Å²) in [5.74, 6) is -2.32. The van der Waals surface area contributed by atoms with Gasteiger partial charge in [0.15, 0.2) is 24.6 Å². The lowest BCUT2D eigenvalue weighted by molar-refractivity contribution is -0.183. The van der Waals surface area contributed by atoms with Crippen LogP contribution >= 0.6 is 0 Å². The number of carbonyl (C=O) groups excluding carboxylic acids is 1. The van der Waals surface area contributed by atoms with E-state index in [1.807, 2.05) is 0 Å². The van der Waals surface area contributed by atoms with Gasteiger partial charge in [0.2, 0.25) is 0 Å². The number of hydrogen-bond donors (Lipinski definition) is 1. The van der Waals surface area contributed by atoms with Crippen molar-refractivity contribution in [2.75, 3.05) is 33.5 Å². The maximum absolute atomic E-state index is 14.4. The van der Waals surface area contributed by atoms with Crippen molar-refractivity contribution in [1.29, 1.82) is 0 Å². The van der Waals surface area contributed by atoms with Gasteiger partial charge in [-0.3, -0.25) is 9.69 Å². The number of aliphatic hydroxyl groups is 1. The van der Waals surface area contributed by atoms with E-state index in [1.54, 1.807) is 12.1 Å². The molecule has 1 aliphatic carbocycles. The molecule has 0 radical (unpaired) electrons. The summed E-state index contributed by atoms with van der Waals surface area (Å²) in [5, 5.41) is 10.7. The van der Waals surface area contributed by atoms with Gasteiger partial charge < -0.3 is 24.2 Å². The first-order valence-electron chi connectivity index (χ1n) is 14.7. The number of nitrogens with zero attached hydrogens (tertiary/aromatic N) is 2. The zero-order valence-corrected chi connectivity index (χ0v) is 23.8. The second-order valence-electron chi connectivity index (χ2n) is 12.1. The van der Waals surface area contributed by atoms with Gasteiger partial charge in [-0.1, -0.05) is 12.1 Å². The normalized spacial score (nSPS) is 29.1. The SMILES string of the molecule is COC(O)[C@@H]1CN(C2CC[C@@](C(=O)N3COc4c(F)cc(C(F)(F)F)cc4C3)(C3CC3)OC2)CC[C@H]1c1ccc(F)cc1. The molecule has 5 atom stereocenters. The highest BCUT2D eigenvalue weighted by atomic mass is 19.4. The lowest BCUT2D eigenvalue weighted by atomic mass is 9.78. The standard InChI is InChI=1S/C31H35F5N2O5/c1-41-28(39)25-15-37(11-9-24(25)18-2-6-22(32)7-3-18)23-8-10-30(43-16-23,20-4-5-20)29(40)38-14-19-12-21(31(34,35)36)13-26(33)27(19)42-17-38/h2-3,6-7,12-13,20,23-25,28,39H,4-5,8-11,14-17H2,1H3/t23?,24-,25+,28?,30-/m0/s1. The number of alkyl halides is 3. The molecule has 2 aromatic carbocycles. The van der Waals surface area contributed by atoms with Gasteiger partial charge in [0, 0.05) is 31.2 Å². The predicted molar refractivity (Wildman–Crippen MR) is 144 cm³/mol. The van der Waals surface area contributed by atoms with Gasteiger partial charge in [-0.05, 0) is 80.3 Å². The Labute approximate surface area is 246 Å². The number of methoxy groups -OCH3 is 1. The van der Waals surface area contributed by atoms with Crippen LogP contribution in [0.3, 0.4) is 0 Å². The van der Waals surface area contributed by atoms with Gasteiger partial charge in [0.1, 0.15) is 11.4 Å². The topological polar surface area (TPSA) is 71.5 Å². The first-order valence-corrected chi connectivity index (χ1v) is 14.7. The summed E-state index contributed by atoms with van der Waals surface area (Å²) >= 11 is 0. The van der Waals surface area contributed by atoms with E-state index < -0.39 is 29.4 Å². The van der Waals surface area contributed by atoms with E-state index >= 15 is 0 Å². The molecule has 4 aliphatic rings. The van der Waals surface area contributed by atoms with Gasteiger partial charge in [0.05, 0.1) is 18.7 Å². The van der Waals surface area contributed by atoms with Crippen LogP contribution in [0.2, 0.25) is 0 Å². The fourth-order valence-corrected chi connectivity index (χ4v) is 7.10. The van der Waals surface area contributed by atoms with Crippen molar-refractivity contribution >= 4 is 5.91 Å². The van der Waals surface area contributed by atoms with Crippen LogP contribution in [0.25, 0.3) is 0 Å². The van der Waals surface area contributed by atoms with Gasteiger partial charge in [0.25, 0.3) is 5.91 Å². The highest BCUT2D eigenvalue weighted by molar-refractivity contribution is 5.86. The molecule has 2 saturated heterocycles. The molecule has 12 heteroatoms. The molecule has 6 rings (SSSR count). The number of piperidine rings is 1. The van der Waals surface area contributed by atoms with E-state index in [9.17, 15) is 31.9 Å². The van der Waals surface area contributed by atoms with Crippen LogP contribution in [0, 0.1) is 23.5 Å². The van der Waals surface area contributed by atoms with Crippen molar-refractivity contribution in [1.82, 2.24) is 9.80 Å². The lowest BCUT2D eigenvalue weighted by Crippen LogP contribution is -2.59. The van der Waals surface area contributed by atoms with Crippen molar-refractivity contribution in [3.63, 3.8) is 0 Å². The lowest BCUT2D eigenvalue weighted by Gasteiger charge is -2.48. The van der Waals surface area contributed by atoms with Crippen LogP contribution < -0.4 is 4.74 Å². The van der Waals surface area contributed by atoms with Crippen molar-refractivity contribution in [3.05, 3.63) is 64.7 Å². The largest absolute Gasteiger partial charge is 0.470 e. The zero-order chi connectivity index (χ0) is 30.5. The zero-order valence-electron chi connectivity index (χ0n) is 23.8. The molecule has 0 aromatic heterocycles. The third-order valence-electron chi connectivity index (χ3n) is 9.55. The number of benzene rings is 2. The minimum absolute atomic E-state index is 0.00660. The van der Waals surface area contributed by atoms with Crippen molar-refractivity contribution < 1.29 is 46.1 Å². The number of aliphatic hydroxyl groups excluding tert-OH is 1.